The Kier molecular flexibility index (Phi) is 4.20. The summed E-state index contributed by atoms with van der Waals surface area (Å²) in [6.45, 7) is 3.79. The lowest BCUT2D eigenvalue weighted by molar-refractivity contribution is -0.133. The molecular formula is C10H19ClN2O. The van der Waals surface area contributed by atoms with Gasteiger partial charge >= 0.3 is 0 Å². The number of halogens is 1. The lowest BCUT2D eigenvalue weighted by Gasteiger charge is -2.44. The maximum Gasteiger partial charge on any atom is 0.219 e. The van der Waals surface area contributed by atoms with Crippen molar-refractivity contribution in [3.05, 3.63) is 0 Å². The number of rotatable bonds is 0. The van der Waals surface area contributed by atoms with Gasteiger partial charge in [0.15, 0.2) is 0 Å². The fourth-order valence-electron chi connectivity index (χ4n) is 2.64. The number of amides is 1. The summed E-state index contributed by atoms with van der Waals surface area (Å²) in [7, 11) is 0. The van der Waals surface area contributed by atoms with Crippen molar-refractivity contribution in [1.29, 1.82) is 0 Å². The van der Waals surface area contributed by atoms with Crippen molar-refractivity contribution in [2.75, 3.05) is 13.1 Å². The maximum absolute atomic E-state index is 11.4. The van der Waals surface area contributed by atoms with Crippen molar-refractivity contribution in [3.8, 4) is 0 Å². The molecule has 2 aliphatic heterocycles. The zero-order valence-corrected chi connectivity index (χ0v) is 9.48. The van der Waals surface area contributed by atoms with Gasteiger partial charge < -0.3 is 10.2 Å². The molecule has 2 saturated heterocycles. The predicted octanol–water partition coefficient (Wildman–Crippen LogP) is 1.17. The van der Waals surface area contributed by atoms with Gasteiger partial charge in [0.25, 0.3) is 0 Å². The molecule has 2 heterocycles. The highest BCUT2D eigenvalue weighted by molar-refractivity contribution is 5.85. The zero-order chi connectivity index (χ0) is 9.26. The lowest BCUT2D eigenvalue weighted by Crippen LogP contribution is -2.58. The molecular weight excluding hydrogens is 200 g/mol. The summed E-state index contributed by atoms with van der Waals surface area (Å²) < 4.78 is 0. The van der Waals surface area contributed by atoms with Gasteiger partial charge in [0, 0.05) is 25.6 Å². The van der Waals surface area contributed by atoms with Gasteiger partial charge in [-0.3, -0.25) is 4.79 Å². The van der Waals surface area contributed by atoms with Gasteiger partial charge in [0.2, 0.25) is 5.91 Å². The van der Waals surface area contributed by atoms with Crippen LogP contribution in [0.3, 0.4) is 0 Å². The minimum atomic E-state index is 0. The molecule has 0 aromatic carbocycles. The number of likely N-dealkylation sites (tertiary alicyclic amines) is 1. The Morgan fingerprint density at radius 2 is 2.14 bits per heavy atom. The molecule has 2 atom stereocenters. The third-order valence-electron chi connectivity index (χ3n) is 3.27. The van der Waals surface area contributed by atoms with E-state index < -0.39 is 0 Å². The Hall–Kier alpha value is -0.280. The van der Waals surface area contributed by atoms with Crippen LogP contribution in [0.15, 0.2) is 0 Å². The number of hydrogen-bond donors (Lipinski definition) is 1. The van der Waals surface area contributed by atoms with E-state index in [4.69, 9.17) is 0 Å². The second-order valence-corrected chi connectivity index (χ2v) is 4.12. The highest BCUT2D eigenvalue weighted by atomic mass is 35.5. The smallest absolute Gasteiger partial charge is 0.219 e. The molecule has 2 rings (SSSR count). The molecule has 2 unspecified atom stereocenters. The Labute approximate surface area is 91.6 Å². The fraction of sp³-hybridized carbons (Fsp3) is 0.900. The predicted molar refractivity (Wildman–Crippen MR) is 58.7 cm³/mol. The molecule has 0 bridgehead atoms. The SMILES string of the molecule is CC(=O)N1CCCC2NCCCC21.Cl. The number of nitrogens with one attached hydrogen (secondary N) is 1. The van der Waals surface area contributed by atoms with E-state index in [1.165, 1.54) is 19.3 Å². The number of carbonyl (C=O) groups excluding carboxylic acids is 1. The van der Waals surface area contributed by atoms with Gasteiger partial charge in [-0.15, -0.1) is 12.4 Å². The van der Waals surface area contributed by atoms with Crippen molar-refractivity contribution >= 4 is 18.3 Å². The number of carbonyl (C=O) groups is 1. The molecule has 2 fully saturated rings. The number of fused-ring (bicyclic) bond motifs is 1. The summed E-state index contributed by atoms with van der Waals surface area (Å²) in [5.74, 6) is 0.249. The molecule has 0 saturated carbocycles. The van der Waals surface area contributed by atoms with Crippen LogP contribution in [0, 0.1) is 0 Å². The van der Waals surface area contributed by atoms with E-state index >= 15 is 0 Å². The standard InChI is InChI=1S/C10H18N2O.ClH/c1-8(13)12-7-3-4-9-10(12)5-2-6-11-9;/h9-11H,2-7H2,1H3;1H. The van der Waals surface area contributed by atoms with Gasteiger partial charge in [-0.05, 0) is 32.2 Å². The van der Waals surface area contributed by atoms with Crippen molar-refractivity contribution in [1.82, 2.24) is 10.2 Å². The Balaban J connectivity index is 0.000000980. The highest BCUT2D eigenvalue weighted by Crippen LogP contribution is 2.24. The third-order valence-corrected chi connectivity index (χ3v) is 3.27. The molecule has 1 N–H and O–H groups in total. The fourth-order valence-corrected chi connectivity index (χ4v) is 2.64. The van der Waals surface area contributed by atoms with E-state index in [0.717, 1.165) is 19.5 Å². The van der Waals surface area contributed by atoms with Gasteiger partial charge in [0.05, 0.1) is 0 Å². The van der Waals surface area contributed by atoms with E-state index in [0.29, 0.717) is 12.1 Å². The van der Waals surface area contributed by atoms with E-state index in [9.17, 15) is 4.79 Å². The first-order chi connectivity index (χ1) is 6.29. The summed E-state index contributed by atoms with van der Waals surface area (Å²) in [6, 6.07) is 1.06. The normalized spacial score (nSPS) is 31.6. The summed E-state index contributed by atoms with van der Waals surface area (Å²) in [5.41, 5.74) is 0. The molecule has 0 aliphatic carbocycles. The quantitative estimate of drug-likeness (QED) is 0.662. The van der Waals surface area contributed by atoms with E-state index in [2.05, 4.69) is 10.2 Å². The average Bonchev–Trinajstić information content (AvgIpc) is 2.17. The molecule has 82 valence electrons. The van der Waals surface area contributed by atoms with Crippen LogP contribution in [0.4, 0.5) is 0 Å². The third kappa shape index (κ3) is 2.20. The highest BCUT2D eigenvalue weighted by Gasteiger charge is 2.33. The first-order valence-electron chi connectivity index (χ1n) is 5.29. The van der Waals surface area contributed by atoms with Crippen LogP contribution in [0.25, 0.3) is 0 Å². The molecule has 14 heavy (non-hydrogen) atoms. The summed E-state index contributed by atoms with van der Waals surface area (Å²) in [4.78, 5) is 13.4. The monoisotopic (exact) mass is 218 g/mol. The average molecular weight is 219 g/mol. The molecule has 0 radical (unpaired) electrons. The van der Waals surface area contributed by atoms with Crippen LogP contribution in [-0.2, 0) is 4.79 Å². The van der Waals surface area contributed by atoms with E-state index in [1.54, 1.807) is 6.92 Å². The minimum absolute atomic E-state index is 0. The second kappa shape index (κ2) is 4.99. The molecule has 0 spiro atoms. The van der Waals surface area contributed by atoms with Crippen molar-refractivity contribution < 1.29 is 4.79 Å². The molecule has 2 aliphatic rings. The molecule has 1 amide bonds. The van der Waals surface area contributed by atoms with Crippen LogP contribution >= 0.6 is 12.4 Å². The Morgan fingerprint density at radius 3 is 2.86 bits per heavy atom. The number of hydrogen-bond acceptors (Lipinski definition) is 2. The molecule has 0 aromatic heterocycles. The van der Waals surface area contributed by atoms with Gasteiger partial charge in [-0.25, -0.2) is 0 Å². The number of nitrogens with zero attached hydrogens (tertiary/aromatic N) is 1. The van der Waals surface area contributed by atoms with Gasteiger partial charge in [0.1, 0.15) is 0 Å². The second-order valence-electron chi connectivity index (χ2n) is 4.12. The minimum Gasteiger partial charge on any atom is -0.338 e. The van der Waals surface area contributed by atoms with Crippen LogP contribution in [0.5, 0.6) is 0 Å². The molecule has 4 heteroatoms. The maximum atomic E-state index is 11.4. The lowest BCUT2D eigenvalue weighted by atomic mass is 9.89. The van der Waals surface area contributed by atoms with Crippen LogP contribution < -0.4 is 5.32 Å². The number of piperidine rings is 2. The largest absolute Gasteiger partial charge is 0.338 e. The Bertz CT molecular complexity index is 208. The topological polar surface area (TPSA) is 32.3 Å². The van der Waals surface area contributed by atoms with Crippen LogP contribution in [0.1, 0.15) is 32.6 Å². The van der Waals surface area contributed by atoms with E-state index in [-0.39, 0.29) is 18.3 Å². The Morgan fingerprint density at radius 1 is 1.36 bits per heavy atom. The van der Waals surface area contributed by atoms with E-state index in [1.807, 2.05) is 0 Å². The van der Waals surface area contributed by atoms with Crippen molar-refractivity contribution in [2.45, 2.75) is 44.7 Å². The first kappa shape index (κ1) is 11.8. The van der Waals surface area contributed by atoms with Gasteiger partial charge in [-0.2, -0.15) is 0 Å². The van der Waals surface area contributed by atoms with Crippen molar-refractivity contribution in [2.24, 2.45) is 0 Å². The van der Waals surface area contributed by atoms with Crippen LogP contribution in [-0.4, -0.2) is 36.0 Å². The molecule has 3 nitrogen and oxygen atoms in total. The summed E-state index contributed by atoms with van der Waals surface area (Å²) >= 11 is 0. The van der Waals surface area contributed by atoms with Crippen molar-refractivity contribution in [3.63, 3.8) is 0 Å². The summed E-state index contributed by atoms with van der Waals surface area (Å²) in [6.07, 6.45) is 4.81. The summed E-state index contributed by atoms with van der Waals surface area (Å²) in [5, 5.41) is 3.51. The van der Waals surface area contributed by atoms with Gasteiger partial charge in [-0.1, -0.05) is 0 Å². The first-order valence-corrected chi connectivity index (χ1v) is 5.29. The van der Waals surface area contributed by atoms with Crippen LogP contribution in [0.2, 0.25) is 0 Å². The zero-order valence-electron chi connectivity index (χ0n) is 8.66. The molecule has 0 aromatic rings.